The van der Waals surface area contributed by atoms with Gasteiger partial charge in [-0.05, 0) is 31.0 Å². The van der Waals surface area contributed by atoms with Crippen LogP contribution in [-0.2, 0) is 14.3 Å². The molecule has 1 aliphatic heterocycles. The van der Waals surface area contributed by atoms with Crippen LogP contribution in [0, 0.1) is 0 Å². The minimum atomic E-state index is -0.0785. The molecule has 1 atom stereocenters. The van der Waals surface area contributed by atoms with E-state index in [1.807, 2.05) is 0 Å². The topological polar surface area (TPSA) is 82.8 Å². The van der Waals surface area contributed by atoms with Gasteiger partial charge in [0, 0.05) is 25.3 Å². The van der Waals surface area contributed by atoms with E-state index >= 15 is 0 Å². The summed E-state index contributed by atoms with van der Waals surface area (Å²) in [5.41, 5.74) is 6.88. The number of carbonyl (C=O) groups is 1. The van der Waals surface area contributed by atoms with Crippen molar-refractivity contribution in [3.05, 3.63) is 18.2 Å². The van der Waals surface area contributed by atoms with E-state index in [2.05, 4.69) is 5.32 Å². The first kappa shape index (κ1) is 15.6. The van der Waals surface area contributed by atoms with Gasteiger partial charge >= 0.3 is 0 Å². The molecular weight excluding hydrogens is 272 g/mol. The summed E-state index contributed by atoms with van der Waals surface area (Å²) >= 11 is 0. The van der Waals surface area contributed by atoms with Gasteiger partial charge in [-0.3, -0.25) is 4.79 Å². The summed E-state index contributed by atoms with van der Waals surface area (Å²) in [5, 5.41) is 2.81. The summed E-state index contributed by atoms with van der Waals surface area (Å²) in [5.74, 6) is 0.516. The molecule has 116 valence electrons. The third-order valence-electron chi connectivity index (χ3n) is 3.29. The van der Waals surface area contributed by atoms with Gasteiger partial charge in [-0.2, -0.15) is 0 Å². The third-order valence-corrected chi connectivity index (χ3v) is 3.29. The predicted octanol–water partition coefficient (Wildman–Crippen LogP) is 1.80. The molecule has 2 rings (SSSR count). The quantitative estimate of drug-likeness (QED) is 0.592. The van der Waals surface area contributed by atoms with Gasteiger partial charge < -0.3 is 25.3 Å². The van der Waals surface area contributed by atoms with Gasteiger partial charge in [0.15, 0.2) is 0 Å². The summed E-state index contributed by atoms with van der Waals surface area (Å²) < 4.78 is 16.0. The van der Waals surface area contributed by atoms with Crippen molar-refractivity contribution in [2.45, 2.75) is 25.4 Å². The monoisotopic (exact) mass is 294 g/mol. The van der Waals surface area contributed by atoms with Gasteiger partial charge in [-0.1, -0.05) is 0 Å². The molecule has 1 aliphatic rings. The second-order valence-corrected chi connectivity index (χ2v) is 4.97. The molecule has 1 aromatic carbocycles. The number of nitrogens with two attached hydrogens (primary N) is 1. The van der Waals surface area contributed by atoms with Crippen LogP contribution in [0.4, 0.5) is 11.4 Å². The normalized spacial score (nSPS) is 17.7. The summed E-state index contributed by atoms with van der Waals surface area (Å²) in [4.78, 5) is 11.9. The highest BCUT2D eigenvalue weighted by Gasteiger charge is 2.15. The van der Waals surface area contributed by atoms with E-state index in [9.17, 15) is 4.79 Å². The molecule has 0 spiro atoms. The number of methoxy groups -OCH3 is 1. The van der Waals surface area contributed by atoms with Crippen LogP contribution in [0.5, 0.6) is 5.75 Å². The molecule has 0 bridgehead atoms. The standard InChI is InChI=1S/C15H22N2O4/c1-19-14-5-4-11(16)9-13(14)17-15(18)3-2-7-21-12-6-8-20-10-12/h4-5,9,12H,2-3,6-8,10,16H2,1H3,(H,17,18). The fraction of sp³-hybridized carbons (Fsp3) is 0.533. The molecule has 3 N–H and O–H groups in total. The number of rotatable bonds is 7. The average Bonchev–Trinajstić information content (AvgIpc) is 2.97. The fourth-order valence-electron chi connectivity index (χ4n) is 2.16. The fourth-order valence-corrected chi connectivity index (χ4v) is 2.16. The van der Waals surface area contributed by atoms with Gasteiger partial charge in [0.25, 0.3) is 0 Å². The SMILES string of the molecule is COc1ccc(N)cc1NC(=O)CCCOC1CCOC1. The van der Waals surface area contributed by atoms with E-state index in [0.717, 1.165) is 13.0 Å². The molecule has 1 aromatic rings. The Labute approximate surface area is 124 Å². The van der Waals surface area contributed by atoms with Crippen molar-refractivity contribution in [3.8, 4) is 5.75 Å². The summed E-state index contributed by atoms with van der Waals surface area (Å²) in [6.45, 7) is 1.99. The van der Waals surface area contributed by atoms with Crippen molar-refractivity contribution >= 4 is 17.3 Å². The van der Waals surface area contributed by atoms with E-state index in [0.29, 0.717) is 43.2 Å². The lowest BCUT2D eigenvalue weighted by Gasteiger charge is -2.12. The number of benzene rings is 1. The first-order chi connectivity index (χ1) is 10.2. The van der Waals surface area contributed by atoms with Crippen LogP contribution in [0.1, 0.15) is 19.3 Å². The van der Waals surface area contributed by atoms with Crippen molar-refractivity contribution in [2.24, 2.45) is 0 Å². The Morgan fingerprint density at radius 3 is 3.10 bits per heavy atom. The maximum absolute atomic E-state index is 11.9. The van der Waals surface area contributed by atoms with E-state index in [1.54, 1.807) is 25.3 Å². The van der Waals surface area contributed by atoms with Gasteiger partial charge in [-0.25, -0.2) is 0 Å². The number of anilines is 2. The Morgan fingerprint density at radius 1 is 1.52 bits per heavy atom. The minimum absolute atomic E-state index is 0.0785. The zero-order valence-corrected chi connectivity index (χ0v) is 12.3. The minimum Gasteiger partial charge on any atom is -0.495 e. The second kappa shape index (κ2) is 7.85. The Balaban J connectivity index is 1.72. The molecule has 6 nitrogen and oxygen atoms in total. The van der Waals surface area contributed by atoms with E-state index in [-0.39, 0.29) is 12.0 Å². The Hall–Kier alpha value is -1.79. The first-order valence-electron chi connectivity index (χ1n) is 7.11. The Bertz CT molecular complexity index is 473. The predicted molar refractivity (Wildman–Crippen MR) is 80.4 cm³/mol. The van der Waals surface area contributed by atoms with Crippen LogP contribution in [0.3, 0.4) is 0 Å². The summed E-state index contributed by atoms with van der Waals surface area (Å²) in [7, 11) is 1.55. The van der Waals surface area contributed by atoms with Crippen molar-refractivity contribution in [2.75, 3.05) is 38.0 Å². The van der Waals surface area contributed by atoms with Crippen molar-refractivity contribution in [1.29, 1.82) is 0 Å². The van der Waals surface area contributed by atoms with E-state index < -0.39 is 0 Å². The van der Waals surface area contributed by atoms with E-state index in [1.165, 1.54) is 0 Å². The molecule has 1 fully saturated rings. The molecule has 1 heterocycles. The highest BCUT2D eigenvalue weighted by atomic mass is 16.5. The highest BCUT2D eigenvalue weighted by molar-refractivity contribution is 5.92. The number of nitrogen functional groups attached to an aromatic ring is 1. The number of amides is 1. The van der Waals surface area contributed by atoms with Crippen molar-refractivity contribution in [3.63, 3.8) is 0 Å². The lowest BCUT2D eigenvalue weighted by Crippen LogP contribution is -2.16. The van der Waals surface area contributed by atoms with Gasteiger partial charge in [0.1, 0.15) is 5.75 Å². The Kier molecular flexibility index (Phi) is 5.83. The molecule has 0 saturated carbocycles. The lowest BCUT2D eigenvalue weighted by molar-refractivity contribution is -0.116. The van der Waals surface area contributed by atoms with Crippen LogP contribution in [0.25, 0.3) is 0 Å². The maximum atomic E-state index is 11.9. The largest absolute Gasteiger partial charge is 0.495 e. The molecule has 1 unspecified atom stereocenters. The number of carbonyl (C=O) groups excluding carboxylic acids is 1. The van der Waals surface area contributed by atoms with Crippen LogP contribution >= 0.6 is 0 Å². The van der Waals surface area contributed by atoms with E-state index in [4.69, 9.17) is 19.9 Å². The molecule has 21 heavy (non-hydrogen) atoms. The number of hydrogen-bond donors (Lipinski definition) is 2. The van der Waals surface area contributed by atoms with Crippen LogP contribution < -0.4 is 15.8 Å². The summed E-state index contributed by atoms with van der Waals surface area (Å²) in [6.07, 6.45) is 2.19. The molecule has 6 heteroatoms. The number of ether oxygens (including phenoxy) is 3. The zero-order chi connectivity index (χ0) is 15.1. The molecule has 0 aromatic heterocycles. The molecule has 0 radical (unpaired) electrons. The van der Waals surface area contributed by atoms with Crippen LogP contribution in [0.2, 0.25) is 0 Å². The van der Waals surface area contributed by atoms with Gasteiger partial charge in [0.05, 0.1) is 25.5 Å². The van der Waals surface area contributed by atoms with Crippen molar-refractivity contribution in [1.82, 2.24) is 0 Å². The zero-order valence-electron chi connectivity index (χ0n) is 12.3. The third kappa shape index (κ3) is 4.91. The summed E-state index contributed by atoms with van der Waals surface area (Å²) in [6, 6.07) is 5.14. The second-order valence-electron chi connectivity index (χ2n) is 4.97. The van der Waals surface area contributed by atoms with Crippen molar-refractivity contribution < 1.29 is 19.0 Å². The first-order valence-corrected chi connectivity index (χ1v) is 7.11. The molecule has 1 saturated heterocycles. The van der Waals surface area contributed by atoms with Gasteiger partial charge in [0.2, 0.25) is 5.91 Å². The number of hydrogen-bond acceptors (Lipinski definition) is 5. The lowest BCUT2D eigenvalue weighted by atomic mass is 10.2. The smallest absolute Gasteiger partial charge is 0.224 e. The molecule has 0 aliphatic carbocycles. The molecule has 1 amide bonds. The Morgan fingerprint density at radius 2 is 2.38 bits per heavy atom. The number of nitrogens with one attached hydrogen (secondary N) is 1. The average molecular weight is 294 g/mol. The van der Waals surface area contributed by atoms with Crippen LogP contribution in [-0.4, -0.2) is 38.9 Å². The maximum Gasteiger partial charge on any atom is 0.224 e. The van der Waals surface area contributed by atoms with Gasteiger partial charge in [-0.15, -0.1) is 0 Å². The van der Waals surface area contributed by atoms with Crippen LogP contribution in [0.15, 0.2) is 18.2 Å². The molecular formula is C15H22N2O4. The highest BCUT2D eigenvalue weighted by Crippen LogP contribution is 2.26.